The summed E-state index contributed by atoms with van der Waals surface area (Å²) in [7, 11) is 0. The molecule has 2 nitrogen and oxygen atoms in total. The molecule has 0 spiro atoms. The number of fused-ring (bicyclic) bond motifs is 1. The summed E-state index contributed by atoms with van der Waals surface area (Å²) in [5.74, 6) is 2.49. The Balaban J connectivity index is 1.69. The zero-order valence-electron chi connectivity index (χ0n) is 12.4. The van der Waals surface area contributed by atoms with Gasteiger partial charge in [0.15, 0.2) is 0 Å². The van der Waals surface area contributed by atoms with E-state index in [1.54, 1.807) is 11.3 Å². The van der Waals surface area contributed by atoms with E-state index in [0.717, 1.165) is 24.0 Å². The molecular weight excluding hydrogens is 288 g/mol. The predicted molar refractivity (Wildman–Crippen MR) is 86.3 cm³/mol. The van der Waals surface area contributed by atoms with Crippen molar-refractivity contribution in [2.45, 2.75) is 57.4 Å². The molecule has 3 unspecified atom stereocenters. The van der Waals surface area contributed by atoms with Gasteiger partial charge in [0.25, 0.3) is 0 Å². The van der Waals surface area contributed by atoms with Crippen molar-refractivity contribution in [1.82, 2.24) is 9.88 Å². The van der Waals surface area contributed by atoms with Gasteiger partial charge in [-0.1, -0.05) is 26.2 Å². The molecule has 2 heterocycles. The van der Waals surface area contributed by atoms with E-state index in [0.29, 0.717) is 11.9 Å². The fourth-order valence-electron chi connectivity index (χ4n) is 4.04. The number of piperidine rings is 1. The third kappa shape index (κ3) is 3.05. The first-order chi connectivity index (χ1) is 9.81. The Hall–Kier alpha value is -0.120. The summed E-state index contributed by atoms with van der Waals surface area (Å²) < 4.78 is 0. The quantitative estimate of drug-likeness (QED) is 0.739. The predicted octanol–water partition coefficient (Wildman–Crippen LogP) is 4.85. The molecule has 0 N–H and O–H groups in total. The average Bonchev–Trinajstić information content (AvgIpc) is 2.97. The molecule has 0 bridgehead atoms. The van der Waals surface area contributed by atoms with Crippen molar-refractivity contribution in [1.29, 1.82) is 0 Å². The van der Waals surface area contributed by atoms with Crippen molar-refractivity contribution in [2.75, 3.05) is 13.1 Å². The van der Waals surface area contributed by atoms with E-state index in [2.05, 4.69) is 17.2 Å². The molecule has 0 amide bonds. The van der Waals surface area contributed by atoms with Crippen molar-refractivity contribution in [3.05, 3.63) is 16.1 Å². The van der Waals surface area contributed by atoms with Crippen LogP contribution in [0.2, 0.25) is 0 Å². The molecule has 2 aliphatic rings. The maximum Gasteiger partial charge on any atom is 0.110 e. The van der Waals surface area contributed by atoms with Crippen molar-refractivity contribution < 1.29 is 0 Å². The average molecular weight is 313 g/mol. The number of hydrogen-bond donors (Lipinski definition) is 0. The Kier molecular flexibility index (Phi) is 5.00. The number of likely N-dealkylation sites (tertiary alicyclic amines) is 1. The van der Waals surface area contributed by atoms with Crippen LogP contribution in [0.25, 0.3) is 0 Å². The van der Waals surface area contributed by atoms with E-state index >= 15 is 0 Å². The summed E-state index contributed by atoms with van der Waals surface area (Å²) in [6.45, 7) is 4.84. The summed E-state index contributed by atoms with van der Waals surface area (Å²) in [5.41, 5.74) is 1.04. The molecule has 0 aromatic carbocycles. The van der Waals surface area contributed by atoms with Gasteiger partial charge in [0, 0.05) is 11.9 Å². The van der Waals surface area contributed by atoms with E-state index in [4.69, 9.17) is 16.6 Å². The Morgan fingerprint density at radius 3 is 2.85 bits per heavy atom. The molecule has 1 aromatic rings. The van der Waals surface area contributed by atoms with Gasteiger partial charge in [-0.2, -0.15) is 0 Å². The number of nitrogens with zero attached hydrogens (tertiary/aromatic N) is 2. The first-order valence-corrected chi connectivity index (χ1v) is 9.47. The second-order valence-corrected chi connectivity index (χ2v) is 7.48. The Labute approximate surface area is 131 Å². The first-order valence-electron chi connectivity index (χ1n) is 8.06. The highest BCUT2D eigenvalue weighted by molar-refractivity contribution is 7.09. The summed E-state index contributed by atoms with van der Waals surface area (Å²) >= 11 is 7.69. The molecule has 2 fully saturated rings. The number of hydrogen-bond acceptors (Lipinski definition) is 3. The lowest BCUT2D eigenvalue weighted by atomic mass is 9.75. The van der Waals surface area contributed by atoms with Gasteiger partial charge in [-0.05, 0) is 37.6 Å². The van der Waals surface area contributed by atoms with Gasteiger partial charge in [0.05, 0.1) is 17.6 Å². The molecule has 3 rings (SSSR count). The highest BCUT2D eigenvalue weighted by atomic mass is 35.5. The van der Waals surface area contributed by atoms with E-state index in [9.17, 15) is 0 Å². The zero-order chi connectivity index (χ0) is 13.9. The Morgan fingerprint density at radius 2 is 2.15 bits per heavy atom. The molecule has 1 aromatic heterocycles. The third-order valence-electron chi connectivity index (χ3n) is 5.14. The fourth-order valence-corrected chi connectivity index (χ4v) is 5.30. The normalized spacial score (nSPS) is 29.1. The molecule has 20 heavy (non-hydrogen) atoms. The van der Waals surface area contributed by atoms with E-state index in [-0.39, 0.29) is 0 Å². The van der Waals surface area contributed by atoms with E-state index < -0.39 is 0 Å². The second kappa shape index (κ2) is 6.76. The number of alkyl halides is 1. The Bertz CT molecular complexity index is 434. The third-order valence-corrected chi connectivity index (χ3v) is 6.41. The Morgan fingerprint density at radius 1 is 1.35 bits per heavy atom. The van der Waals surface area contributed by atoms with Crippen LogP contribution in [0.1, 0.15) is 62.2 Å². The molecule has 3 atom stereocenters. The maximum absolute atomic E-state index is 5.90. The van der Waals surface area contributed by atoms with Crippen molar-refractivity contribution in [3.8, 4) is 0 Å². The van der Waals surface area contributed by atoms with Crippen LogP contribution < -0.4 is 0 Å². The van der Waals surface area contributed by atoms with Crippen molar-refractivity contribution >= 4 is 22.9 Å². The van der Waals surface area contributed by atoms with Crippen LogP contribution in [-0.4, -0.2) is 23.0 Å². The van der Waals surface area contributed by atoms with Gasteiger partial charge in [-0.3, -0.25) is 4.90 Å². The number of rotatable bonds is 4. The molecule has 1 saturated carbocycles. The molecule has 1 saturated heterocycles. The van der Waals surface area contributed by atoms with Gasteiger partial charge >= 0.3 is 0 Å². The minimum atomic E-state index is 0.514. The highest BCUT2D eigenvalue weighted by Gasteiger charge is 2.34. The number of halogens is 1. The largest absolute Gasteiger partial charge is 0.294 e. The first kappa shape index (κ1) is 14.8. The lowest BCUT2D eigenvalue weighted by Gasteiger charge is -2.43. The summed E-state index contributed by atoms with van der Waals surface area (Å²) in [6, 6.07) is 0.514. The molecule has 1 aliphatic carbocycles. The number of aromatic nitrogens is 1. The van der Waals surface area contributed by atoms with Crippen molar-refractivity contribution in [2.24, 2.45) is 11.8 Å². The SMILES string of the molecule is CCC(c1nc(CCl)cs1)N1CCC2CCCCC2C1. The van der Waals surface area contributed by atoms with Gasteiger partial charge in [0.2, 0.25) is 0 Å². The van der Waals surface area contributed by atoms with Crippen LogP contribution in [0.15, 0.2) is 5.38 Å². The van der Waals surface area contributed by atoms with Crippen LogP contribution in [-0.2, 0) is 5.88 Å². The monoisotopic (exact) mass is 312 g/mol. The number of thiazole rings is 1. The summed E-state index contributed by atoms with van der Waals surface area (Å²) in [5, 5.41) is 3.40. The smallest absolute Gasteiger partial charge is 0.110 e. The molecule has 112 valence electrons. The van der Waals surface area contributed by atoms with Crippen LogP contribution >= 0.6 is 22.9 Å². The summed E-state index contributed by atoms with van der Waals surface area (Å²) in [4.78, 5) is 7.42. The standard InChI is InChI=1S/C16H25ClN2S/c1-2-15(16-18-14(9-17)11-20-16)19-8-7-12-5-3-4-6-13(12)10-19/h11-13,15H,2-10H2,1H3. The lowest BCUT2D eigenvalue weighted by molar-refractivity contribution is 0.0547. The zero-order valence-corrected chi connectivity index (χ0v) is 13.9. The summed E-state index contributed by atoms with van der Waals surface area (Å²) in [6.07, 6.45) is 8.39. The highest BCUT2D eigenvalue weighted by Crippen LogP contribution is 2.39. The van der Waals surface area contributed by atoms with Gasteiger partial charge in [-0.25, -0.2) is 4.98 Å². The van der Waals surface area contributed by atoms with Crippen LogP contribution in [0, 0.1) is 11.8 Å². The van der Waals surface area contributed by atoms with Gasteiger partial charge in [-0.15, -0.1) is 22.9 Å². The molecule has 4 heteroatoms. The lowest BCUT2D eigenvalue weighted by Crippen LogP contribution is -2.43. The fraction of sp³-hybridized carbons (Fsp3) is 0.812. The van der Waals surface area contributed by atoms with E-state index in [1.807, 2.05) is 0 Å². The second-order valence-electron chi connectivity index (χ2n) is 6.32. The van der Waals surface area contributed by atoms with Crippen LogP contribution in [0.4, 0.5) is 0 Å². The molecule has 1 aliphatic heterocycles. The maximum atomic E-state index is 5.90. The van der Waals surface area contributed by atoms with Gasteiger partial charge < -0.3 is 0 Å². The minimum Gasteiger partial charge on any atom is -0.294 e. The van der Waals surface area contributed by atoms with Crippen LogP contribution in [0.5, 0.6) is 0 Å². The van der Waals surface area contributed by atoms with Gasteiger partial charge in [0.1, 0.15) is 5.01 Å². The topological polar surface area (TPSA) is 16.1 Å². The molecular formula is C16H25ClN2S. The molecule has 0 radical (unpaired) electrons. The van der Waals surface area contributed by atoms with Crippen molar-refractivity contribution in [3.63, 3.8) is 0 Å². The van der Waals surface area contributed by atoms with Crippen LogP contribution in [0.3, 0.4) is 0 Å². The minimum absolute atomic E-state index is 0.514. The van der Waals surface area contributed by atoms with E-state index in [1.165, 1.54) is 50.2 Å².